The summed E-state index contributed by atoms with van der Waals surface area (Å²) < 4.78 is 0. The molecule has 4 nitrogen and oxygen atoms in total. The minimum atomic E-state index is -0.967. The van der Waals surface area contributed by atoms with Crippen molar-refractivity contribution < 1.29 is 15.0 Å². The summed E-state index contributed by atoms with van der Waals surface area (Å²) in [6, 6.07) is 0.0228. The van der Waals surface area contributed by atoms with Crippen LogP contribution < -0.4 is 5.32 Å². The first-order valence-electron chi connectivity index (χ1n) is 4.76. The molecule has 14 heavy (non-hydrogen) atoms. The van der Waals surface area contributed by atoms with Gasteiger partial charge in [0, 0.05) is 11.8 Å². The number of carboxylic acid groups (broad SMARTS) is 1. The summed E-state index contributed by atoms with van der Waals surface area (Å²) in [5, 5.41) is 21.0. The van der Waals surface area contributed by atoms with E-state index in [0.29, 0.717) is 12.8 Å². The van der Waals surface area contributed by atoms with Crippen molar-refractivity contribution in [2.45, 2.75) is 37.3 Å². The lowest BCUT2D eigenvalue weighted by molar-refractivity contribution is 0.0190. The van der Waals surface area contributed by atoms with Crippen molar-refractivity contribution >= 4 is 17.9 Å². The Hall–Kier alpha value is -0.420. The zero-order valence-electron chi connectivity index (χ0n) is 8.32. The Morgan fingerprint density at radius 1 is 1.57 bits per heavy atom. The molecule has 0 bridgehead atoms. The lowest BCUT2D eigenvalue weighted by Gasteiger charge is -2.35. The molecule has 0 aliphatic heterocycles. The average Bonchev–Trinajstić information content (AvgIpc) is 2.09. The van der Waals surface area contributed by atoms with E-state index in [1.165, 1.54) is 0 Å². The lowest BCUT2D eigenvalue weighted by Crippen LogP contribution is -2.44. The zero-order valence-corrected chi connectivity index (χ0v) is 9.14. The molecule has 0 aromatic heterocycles. The van der Waals surface area contributed by atoms with Crippen LogP contribution in [0.4, 0.5) is 4.79 Å². The van der Waals surface area contributed by atoms with Gasteiger partial charge in [0.05, 0.1) is 5.60 Å². The van der Waals surface area contributed by atoms with Crippen LogP contribution in [0.5, 0.6) is 0 Å². The maximum Gasteiger partial charge on any atom is 0.404 e. The van der Waals surface area contributed by atoms with Gasteiger partial charge in [-0.05, 0) is 31.9 Å². The van der Waals surface area contributed by atoms with Gasteiger partial charge in [0.25, 0.3) is 0 Å². The standard InChI is InChI=1S/C9H17NO3S/c1-14-6-9(13)4-2-7(3-5-9)10-8(11)12/h7,10,13H,2-6H2,1H3,(H,11,12)/t7-,9-. The quantitative estimate of drug-likeness (QED) is 0.669. The summed E-state index contributed by atoms with van der Waals surface area (Å²) in [4.78, 5) is 10.4. The molecule has 1 aliphatic carbocycles. The predicted molar refractivity (Wildman–Crippen MR) is 56.7 cm³/mol. The largest absolute Gasteiger partial charge is 0.465 e. The van der Waals surface area contributed by atoms with Gasteiger partial charge < -0.3 is 15.5 Å². The van der Waals surface area contributed by atoms with E-state index < -0.39 is 11.7 Å². The van der Waals surface area contributed by atoms with Gasteiger partial charge in [-0.15, -0.1) is 0 Å². The maximum atomic E-state index is 10.4. The topological polar surface area (TPSA) is 69.6 Å². The van der Waals surface area contributed by atoms with Crippen LogP contribution in [0.1, 0.15) is 25.7 Å². The van der Waals surface area contributed by atoms with E-state index in [-0.39, 0.29) is 6.04 Å². The van der Waals surface area contributed by atoms with Crippen LogP contribution in [-0.2, 0) is 0 Å². The lowest BCUT2D eigenvalue weighted by atomic mass is 9.83. The number of nitrogens with one attached hydrogen (secondary N) is 1. The molecule has 82 valence electrons. The number of hydrogen-bond acceptors (Lipinski definition) is 3. The van der Waals surface area contributed by atoms with Crippen LogP contribution in [-0.4, -0.2) is 40.0 Å². The zero-order chi connectivity index (χ0) is 10.6. The summed E-state index contributed by atoms with van der Waals surface area (Å²) in [6.07, 6.45) is 3.87. The van der Waals surface area contributed by atoms with Gasteiger partial charge in [-0.2, -0.15) is 11.8 Å². The molecule has 0 saturated heterocycles. The summed E-state index contributed by atoms with van der Waals surface area (Å²) in [7, 11) is 0. The summed E-state index contributed by atoms with van der Waals surface area (Å²) >= 11 is 1.64. The van der Waals surface area contributed by atoms with Gasteiger partial charge in [0.2, 0.25) is 0 Å². The maximum absolute atomic E-state index is 10.4. The van der Waals surface area contributed by atoms with E-state index >= 15 is 0 Å². The molecule has 1 aliphatic rings. The Morgan fingerprint density at radius 2 is 2.14 bits per heavy atom. The fourth-order valence-electron chi connectivity index (χ4n) is 1.89. The van der Waals surface area contributed by atoms with Crippen molar-refractivity contribution in [2.75, 3.05) is 12.0 Å². The SMILES string of the molecule is CSC[C@]1(O)CC[C@H](NC(=O)O)CC1. The van der Waals surface area contributed by atoms with E-state index in [2.05, 4.69) is 5.32 Å². The van der Waals surface area contributed by atoms with Crippen molar-refractivity contribution in [1.29, 1.82) is 0 Å². The highest BCUT2D eigenvalue weighted by Gasteiger charge is 2.32. The summed E-state index contributed by atoms with van der Waals surface area (Å²) in [6.45, 7) is 0. The third-order valence-corrected chi connectivity index (χ3v) is 3.48. The van der Waals surface area contributed by atoms with Crippen molar-refractivity contribution in [3.8, 4) is 0 Å². The smallest absolute Gasteiger partial charge is 0.404 e. The van der Waals surface area contributed by atoms with Crippen LogP contribution in [0.15, 0.2) is 0 Å². The number of amides is 1. The van der Waals surface area contributed by atoms with Crippen molar-refractivity contribution in [3.05, 3.63) is 0 Å². The first kappa shape index (κ1) is 11.7. The highest BCUT2D eigenvalue weighted by molar-refractivity contribution is 7.98. The monoisotopic (exact) mass is 219 g/mol. The molecular weight excluding hydrogens is 202 g/mol. The van der Waals surface area contributed by atoms with Gasteiger partial charge in [-0.3, -0.25) is 0 Å². The summed E-state index contributed by atoms with van der Waals surface area (Å²) in [5.74, 6) is 0.743. The van der Waals surface area contributed by atoms with Crippen LogP contribution in [0, 0.1) is 0 Å². The Labute approximate surface area is 88.1 Å². The van der Waals surface area contributed by atoms with Crippen molar-refractivity contribution in [2.24, 2.45) is 0 Å². The second-order valence-corrected chi connectivity index (χ2v) is 4.75. The van der Waals surface area contributed by atoms with Gasteiger partial charge >= 0.3 is 6.09 Å². The molecule has 1 fully saturated rings. The van der Waals surface area contributed by atoms with E-state index in [1.54, 1.807) is 11.8 Å². The predicted octanol–water partition coefficient (Wildman–Crippen LogP) is 1.29. The fourth-order valence-corrected chi connectivity index (χ4v) is 2.71. The van der Waals surface area contributed by atoms with E-state index in [9.17, 15) is 9.90 Å². The molecule has 1 rings (SSSR count). The minimum absolute atomic E-state index is 0.0228. The Bertz CT molecular complexity index is 202. The highest BCUT2D eigenvalue weighted by Crippen LogP contribution is 2.30. The molecule has 1 amide bonds. The Balaban J connectivity index is 2.33. The molecule has 0 radical (unpaired) electrons. The first-order valence-corrected chi connectivity index (χ1v) is 6.16. The van der Waals surface area contributed by atoms with Gasteiger partial charge in [0.1, 0.15) is 0 Å². The molecule has 0 spiro atoms. The Morgan fingerprint density at radius 3 is 2.57 bits per heavy atom. The van der Waals surface area contributed by atoms with Crippen LogP contribution in [0.3, 0.4) is 0 Å². The summed E-state index contributed by atoms with van der Waals surface area (Å²) in [5.41, 5.74) is -0.573. The van der Waals surface area contributed by atoms with Gasteiger partial charge in [-0.1, -0.05) is 0 Å². The number of hydrogen-bond donors (Lipinski definition) is 3. The first-order chi connectivity index (χ1) is 6.56. The third kappa shape index (κ3) is 3.38. The molecule has 0 heterocycles. The highest BCUT2D eigenvalue weighted by atomic mass is 32.2. The molecule has 0 aromatic carbocycles. The minimum Gasteiger partial charge on any atom is -0.465 e. The molecule has 0 aromatic rings. The average molecular weight is 219 g/mol. The van der Waals surface area contributed by atoms with E-state index in [0.717, 1.165) is 18.6 Å². The van der Waals surface area contributed by atoms with Crippen LogP contribution in [0.25, 0.3) is 0 Å². The van der Waals surface area contributed by atoms with E-state index in [4.69, 9.17) is 5.11 Å². The van der Waals surface area contributed by atoms with E-state index in [1.807, 2.05) is 6.26 Å². The fraction of sp³-hybridized carbons (Fsp3) is 0.889. The number of aliphatic hydroxyl groups is 1. The van der Waals surface area contributed by atoms with Crippen molar-refractivity contribution in [1.82, 2.24) is 5.32 Å². The van der Waals surface area contributed by atoms with Crippen molar-refractivity contribution in [3.63, 3.8) is 0 Å². The Kier molecular flexibility index (Phi) is 4.07. The molecule has 0 atom stereocenters. The molecule has 0 unspecified atom stereocenters. The molecule has 1 saturated carbocycles. The number of rotatable bonds is 3. The second-order valence-electron chi connectivity index (χ2n) is 3.88. The molecular formula is C9H17NO3S. The normalized spacial score (nSPS) is 32.6. The van der Waals surface area contributed by atoms with Crippen LogP contribution in [0.2, 0.25) is 0 Å². The third-order valence-electron chi connectivity index (χ3n) is 2.66. The second kappa shape index (κ2) is 4.89. The van der Waals surface area contributed by atoms with Gasteiger partial charge in [0.15, 0.2) is 0 Å². The number of carbonyl (C=O) groups is 1. The van der Waals surface area contributed by atoms with Crippen LogP contribution >= 0.6 is 11.8 Å². The van der Waals surface area contributed by atoms with Gasteiger partial charge in [-0.25, -0.2) is 4.79 Å². The molecule has 3 N–H and O–H groups in total. The number of thioether (sulfide) groups is 1. The molecule has 5 heteroatoms.